The van der Waals surface area contributed by atoms with Crippen molar-refractivity contribution in [3.05, 3.63) is 59.2 Å². The molecule has 0 aromatic heterocycles. The molecule has 2 N–H and O–H groups in total. The van der Waals surface area contributed by atoms with Crippen LogP contribution in [0.4, 0.5) is 10.5 Å². The van der Waals surface area contributed by atoms with Gasteiger partial charge in [-0.2, -0.15) is 0 Å². The maximum atomic E-state index is 11.9. The van der Waals surface area contributed by atoms with E-state index in [0.717, 1.165) is 22.4 Å². The zero-order valence-electron chi connectivity index (χ0n) is 16.9. The van der Waals surface area contributed by atoms with Crippen molar-refractivity contribution in [1.29, 1.82) is 0 Å². The Morgan fingerprint density at radius 3 is 2.52 bits per heavy atom. The molecule has 154 valence electrons. The monoisotopic (exact) mass is 398 g/mol. The second kappa shape index (κ2) is 10.8. The molecule has 29 heavy (non-hydrogen) atoms. The molecule has 7 heteroatoms. The van der Waals surface area contributed by atoms with Gasteiger partial charge in [0.1, 0.15) is 5.75 Å². The Hall–Kier alpha value is -3.35. The fourth-order valence-electron chi connectivity index (χ4n) is 2.66. The van der Waals surface area contributed by atoms with E-state index in [2.05, 4.69) is 10.6 Å². The summed E-state index contributed by atoms with van der Waals surface area (Å²) in [6.07, 6.45) is 0.537. The number of esters is 1. The van der Waals surface area contributed by atoms with Gasteiger partial charge in [0.05, 0.1) is 6.61 Å². The number of ether oxygens (including phenoxy) is 2. The highest BCUT2D eigenvalue weighted by Gasteiger charge is 2.13. The van der Waals surface area contributed by atoms with E-state index in [0.29, 0.717) is 18.7 Å². The predicted molar refractivity (Wildman–Crippen MR) is 110 cm³/mol. The van der Waals surface area contributed by atoms with Crippen LogP contribution in [0.1, 0.15) is 30.0 Å². The molecule has 0 saturated carbocycles. The van der Waals surface area contributed by atoms with Crippen molar-refractivity contribution in [3.63, 3.8) is 0 Å². The van der Waals surface area contributed by atoms with Gasteiger partial charge in [-0.25, -0.2) is 4.79 Å². The van der Waals surface area contributed by atoms with E-state index >= 15 is 0 Å². The van der Waals surface area contributed by atoms with E-state index in [9.17, 15) is 14.4 Å². The number of rotatable bonds is 8. The quantitative estimate of drug-likeness (QED) is 0.664. The minimum Gasteiger partial charge on any atom is -0.494 e. The highest BCUT2D eigenvalue weighted by molar-refractivity contribution is 6.02. The molecule has 0 unspecified atom stereocenters. The molecule has 0 fully saturated rings. The molecule has 0 spiro atoms. The van der Waals surface area contributed by atoms with Gasteiger partial charge in [-0.1, -0.05) is 30.3 Å². The van der Waals surface area contributed by atoms with Crippen LogP contribution in [0.15, 0.2) is 42.5 Å². The normalized spacial score (nSPS) is 10.2. The molecule has 2 rings (SSSR count). The van der Waals surface area contributed by atoms with E-state index in [1.165, 1.54) is 0 Å². The summed E-state index contributed by atoms with van der Waals surface area (Å²) >= 11 is 0. The number of carbonyl (C=O) groups excluding carboxylic acids is 3. The van der Waals surface area contributed by atoms with Crippen LogP contribution in [0.5, 0.6) is 5.75 Å². The molecule has 0 heterocycles. The van der Waals surface area contributed by atoms with Crippen LogP contribution < -0.4 is 15.4 Å². The van der Waals surface area contributed by atoms with Crippen LogP contribution in [-0.2, 0) is 20.7 Å². The number of anilines is 1. The largest absolute Gasteiger partial charge is 0.494 e. The third-order valence-corrected chi connectivity index (χ3v) is 4.34. The van der Waals surface area contributed by atoms with Crippen LogP contribution >= 0.6 is 0 Å². The molecule has 2 aromatic carbocycles. The zero-order chi connectivity index (χ0) is 21.2. The number of nitrogens with one attached hydrogen (secondary N) is 2. The second-order valence-electron chi connectivity index (χ2n) is 6.45. The number of amides is 3. The summed E-state index contributed by atoms with van der Waals surface area (Å²) in [5, 5.41) is 4.75. The number of urea groups is 1. The van der Waals surface area contributed by atoms with Gasteiger partial charge in [0.15, 0.2) is 6.61 Å². The van der Waals surface area contributed by atoms with E-state index in [1.807, 2.05) is 57.2 Å². The molecule has 7 nitrogen and oxygen atoms in total. The lowest BCUT2D eigenvalue weighted by Crippen LogP contribution is -2.37. The Kier molecular flexibility index (Phi) is 8.21. The number of para-hydroxylation sites is 1. The lowest BCUT2D eigenvalue weighted by atomic mass is 10.1. The summed E-state index contributed by atoms with van der Waals surface area (Å²) in [4.78, 5) is 35.7. The number of hydrogen-bond donors (Lipinski definition) is 2. The minimum absolute atomic E-state index is 0.103. The molecule has 3 amide bonds. The molecule has 0 radical (unpaired) electrons. The fourth-order valence-corrected chi connectivity index (χ4v) is 2.66. The molecule has 0 saturated heterocycles. The van der Waals surface area contributed by atoms with E-state index in [1.54, 1.807) is 6.07 Å². The van der Waals surface area contributed by atoms with Gasteiger partial charge >= 0.3 is 12.0 Å². The Morgan fingerprint density at radius 2 is 1.76 bits per heavy atom. The van der Waals surface area contributed by atoms with Gasteiger partial charge in [-0.15, -0.1) is 0 Å². The van der Waals surface area contributed by atoms with Crippen molar-refractivity contribution in [1.82, 2.24) is 5.32 Å². The van der Waals surface area contributed by atoms with Crippen molar-refractivity contribution in [3.8, 4) is 5.75 Å². The highest BCUT2D eigenvalue weighted by atomic mass is 16.5. The Labute approximate surface area is 170 Å². The smallest absolute Gasteiger partial charge is 0.325 e. The van der Waals surface area contributed by atoms with Gasteiger partial charge in [0, 0.05) is 12.1 Å². The lowest BCUT2D eigenvalue weighted by Gasteiger charge is -2.11. The first-order valence-electron chi connectivity index (χ1n) is 9.44. The van der Waals surface area contributed by atoms with E-state index < -0.39 is 24.5 Å². The van der Waals surface area contributed by atoms with E-state index in [-0.39, 0.29) is 6.42 Å². The van der Waals surface area contributed by atoms with Gasteiger partial charge < -0.3 is 14.8 Å². The first-order chi connectivity index (χ1) is 13.9. The molecule has 0 aliphatic carbocycles. The first kappa shape index (κ1) is 21.9. The standard InChI is InChI=1S/C22H26N2O5/c1-4-28-19-11-6-5-9-17(19)12-13-21(26)29-14-20(25)24-22(27)23-18-10-7-8-15(2)16(18)3/h5-11H,4,12-14H2,1-3H3,(H2,23,24,25,27). The Balaban J connectivity index is 1.75. The second-order valence-corrected chi connectivity index (χ2v) is 6.45. The van der Waals surface area contributed by atoms with Crippen molar-refractivity contribution in [2.75, 3.05) is 18.5 Å². The average molecular weight is 398 g/mol. The van der Waals surface area contributed by atoms with Crippen LogP contribution in [0.2, 0.25) is 0 Å². The Bertz CT molecular complexity index is 879. The Morgan fingerprint density at radius 1 is 1.00 bits per heavy atom. The molecular formula is C22H26N2O5. The number of aryl methyl sites for hydroxylation is 2. The van der Waals surface area contributed by atoms with Crippen molar-refractivity contribution >= 4 is 23.6 Å². The van der Waals surface area contributed by atoms with Crippen LogP contribution in [0, 0.1) is 13.8 Å². The molecule has 0 aliphatic rings. The summed E-state index contributed by atoms with van der Waals surface area (Å²) in [6, 6.07) is 12.2. The SMILES string of the molecule is CCOc1ccccc1CCC(=O)OCC(=O)NC(=O)Nc1cccc(C)c1C. The van der Waals surface area contributed by atoms with Crippen LogP contribution in [0.25, 0.3) is 0 Å². The summed E-state index contributed by atoms with van der Waals surface area (Å²) in [5.41, 5.74) is 3.44. The average Bonchev–Trinajstić information content (AvgIpc) is 2.69. The maximum Gasteiger partial charge on any atom is 0.325 e. The summed E-state index contributed by atoms with van der Waals surface area (Å²) < 4.78 is 10.5. The van der Waals surface area contributed by atoms with Gasteiger partial charge in [-0.3, -0.25) is 14.9 Å². The molecular weight excluding hydrogens is 372 g/mol. The summed E-state index contributed by atoms with van der Waals surface area (Å²) in [5.74, 6) is -0.499. The zero-order valence-corrected chi connectivity index (χ0v) is 16.9. The topological polar surface area (TPSA) is 93.7 Å². The fraction of sp³-hybridized carbons (Fsp3) is 0.318. The van der Waals surface area contributed by atoms with E-state index in [4.69, 9.17) is 9.47 Å². The van der Waals surface area contributed by atoms with Gasteiger partial charge in [0.25, 0.3) is 5.91 Å². The third kappa shape index (κ3) is 6.95. The summed E-state index contributed by atoms with van der Waals surface area (Å²) in [7, 11) is 0. The predicted octanol–water partition coefficient (Wildman–Crippen LogP) is 3.53. The van der Waals surface area contributed by atoms with Crippen LogP contribution in [-0.4, -0.2) is 31.1 Å². The number of carbonyl (C=O) groups is 3. The third-order valence-electron chi connectivity index (χ3n) is 4.34. The number of imide groups is 1. The van der Waals surface area contributed by atoms with Gasteiger partial charge in [-0.05, 0) is 56.0 Å². The first-order valence-corrected chi connectivity index (χ1v) is 9.44. The minimum atomic E-state index is -0.698. The molecule has 0 bridgehead atoms. The molecule has 2 aromatic rings. The van der Waals surface area contributed by atoms with Crippen LogP contribution in [0.3, 0.4) is 0 Å². The van der Waals surface area contributed by atoms with Crippen molar-refractivity contribution < 1.29 is 23.9 Å². The number of benzene rings is 2. The number of hydrogen-bond acceptors (Lipinski definition) is 5. The van der Waals surface area contributed by atoms with Gasteiger partial charge in [0.2, 0.25) is 0 Å². The van der Waals surface area contributed by atoms with Crippen molar-refractivity contribution in [2.24, 2.45) is 0 Å². The highest BCUT2D eigenvalue weighted by Crippen LogP contribution is 2.20. The summed E-state index contributed by atoms with van der Waals surface area (Å²) in [6.45, 7) is 5.70. The molecule has 0 aliphatic heterocycles. The van der Waals surface area contributed by atoms with Crippen molar-refractivity contribution in [2.45, 2.75) is 33.6 Å². The maximum absolute atomic E-state index is 11.9. The molecule has 0 atom stereocenters. The lowest BCUT2D eigenvalue weighted by molar-refractivity contribution is -0.148.